The Labute approximate surface area is 79.3 Å². The van der Waals surface area contributed by atoms with Crippen LogP contribution >= 0.6 is 6.72 Å². The van der Waals surface area contributed by atoms with Gasteiger partial charge in [0.05, 0.1) is 13.2 Å². The largest absolute Gasteiger partial charge is 0.324 e. The van der Waals surface area contributed by atoms with E-state index in [0.29, 0.717) is 13.2 Å². The van der Waals surface area contributed by atoms with Crippen molar-refractivity contribution in [3.8, 4) is 0 Å². The molecule has 0 heterocycles. The van der Waals surface area contributed by atoms with Crippen molar-refractivity contribution >= 4 is 18.5 Å². The van der Waals surface area contributed by atoms with Gasteiger partial charge in [0.2, 0.25) is 0 Å². The van der Waals surface area contributed by atoms with Gasteiger partial charge >= 0.3 is 6.72 Å². The fourth-order valence-corrected chi connectivity index (χ4v) is 1.90. The standard InChI is InChI=1S/C7H17O3PS/c1-5-9-11(8,12)10-6-7(2,3)4/h5-6H2,1-4H3,(H,8,12). The highest BCUT2D eigenvalue weighted by Gasteiger charge is 2.19. The predicted octanol–water partition coefficient (Wildman–Crippen LogP) is 2.30. The first-order valence-electron chi connectivity index (χ1n) is 3.89. The highest BCUT2D eigenvalue weighted by molar-refractivity contribution is 8.07. The van der Waals surface area contributed by atoms with E-state index in [0.717, 1.165) is 0 Å². The molecule has 3 nitrogen and oxygen atoms in total. The molecule has 0 amide bonds. The normalized spacial score (nSPS) is 17.4. The van der Waals surface area contributed by atoms with Gasteiger partial charge in [-0.25, -0.2) is 0 Å². The van der Waals surface area contributed by atoms with E-state index in [1.807, 2.05) is 20.8 Å². The number of rotatable bonds is 4. The molecule has 0 aliphatic carbocycles. The van der Waals surface area contributed by atoms with Crippen LogP contribution in [0.15, 0.2) is 0 Å². The third-order valence-electron chi connectivity index (χ3n) is 0.953. The van der Waals surface area contributed by atoms with E-state index in [1.165, 1.54) is 0 Å². The summed E-state index contributed by atoms with van der Waals surface area (Å²) in [6.45, 7) is 5.65. The van der Waals surface area contributed by atoms with Crippen molar-refractivity contribution in [1.29, 1.82) is 0 Å². The Bertz CT molecular complexity index is 176. The van der Waals surface area contributed by atoms with Gasteiger partial charge in [-0.3, -0.25) is 0 Å². The lowest BCUT2D eigenvalue weighted by Crippen LogP contribution is -2.13. The monoisotopic (exact) mass is 212 g/mol. The molecular formula is C7H17O3PS. The van der Waals surface area contributed by atoms with Crippen LogP contribution < -0.4 is 0 Å². The highest BCUT2D eigenvalue weighted by atomic mass is 32.5. The van der Waals surface area contributed by atoms with Gasteiger partial charge in [-0.05, 0) is 24.1 Å². The molecule has 1 N–H and O–H groups in total. The Morgan fingerprint density at radius 1 is 1.33 bits per heavy atom. The van der Waals surface area contributed by atoms with Gasteiger partial charge in [-0.2, -0.15) is 0 Å². The molecule has 0 aliphatic heterocycles. The molecule has 0 aromatic rings. The quantitative estimate of drug-likeness (QED) is 0.726. The summed E-state index contributed by atoms with van der Waals surface area (Å²) in [7, 11) is 0. The minimum absolute atomic E-state index is 0.00386. The third kappa shape index (κ3) is 7.19. The first-order valence-corrected chi connectivity index (χ1v) is 6.48. The molecule has 1 unspecified atom stereocenters. The second-order valence-corrected chi connectivity index (χ2v) is 6.56. The summed E-state index contributed by atoms with van der Waals surface area (Å²) < 4.78 is 9.98. The van der Waals surface area contributed by atoms with Crippen LogP contribution in [0.3, 0.4) is 0 Å². The van der Waals surface area contributed by atoms with Crippen LogP contribution in [0.5, 0.6) is 0 Å². The molecule has 74 valence electrons. The zero-order valence-corrected chi connectivity index (χ0v) is 9.74. The maximum Gasteiger partial charge on any atom is 0.324 e. The summed E-state index contributed by atoms with van der Waals surface area (Å²) in [5.41, 5.74) is 0.00386. The zero-order valence-electron chi connectivity index (χ0n) is 8.03. The van der Waals surface area contributed by atoms with E-state index in [2.05, 4.69) is 0 Å². The van der Waals surface area contributed by atoms with Crippen molar-refractivity contribution in [2.45, 2.75) is 27.7 Å². The maximum absolute atomic E-state index is 9.36. The van der Waals surface area contributed by atoms with E-state index >= 15 is 0 Å². The molecular weight excluding hydrogens is 195 g/mol. The Hall–Kier alpha value is 0.530. The van der Waals surface area contributed by atoms with Gasteiger partial charge in [0.15, 0.2) is 0 Å². The van der Waals surface area contributed by atoms with Crippen LogP contribution in [0.25, 0.3) is 0 Å². The van der Waals surface area contributed by atoms with Gasteiger partial charge < -0.3 is 13.9 Å². The molecule has 0 fully saturated rings. The highest BCUT2D eigenvalue weighted by Crippen LogP contribution is 2.44. The summed E-state index contributed by atoms with van der Waals surface area (Å²) in [4.78, 5) is 9.36. The molecule has 0 radical (unpaired) electrons. The Kier molecular flexibility index (Phi) is 4.89. The lowest BCUT2D eigenvalue weighted by molar-refractivity contribution is 0.149. The minimum Gasteiger partial charge on any atom is -0.324 e. The van der Waals surface area contributed by atoms with E-state index in [4.69, 9.17) is 20.9 Å². The Balaban J connectivity index is 3.84. The van der Waals surface area contributed by atoms with Crippen molar-refractivity contribution in [2.24, 2.45) is 5.41 Å². The topological polar surface area (TPSA) is 38.7 Å². The minimum atomic E-state index is -2.96. The molecule has 0 spiro atoms. The zero-order chi connectivity index (χ0) is 9.83. The Morgan fingerprint density at radius 3 is 2.17 bits per heavy atom. The average molecular weight is 212 g/mol. The molecule has 5 heteroatoms. The maximum atomic E-state index is 9.36. The van der Waals surface area contributed by atoms with Crippen LogP contribution in [0.2, 0.25) is 0 Å². The van der Waals surface area contributed by atoms with Crippen LogP contribution in [0.1, 0.15) is 27.7 Å². The van der Waals surface area contributed by atoms with Crippen LogP contribution in [-0.2, 0) is 20.9 Å². The van der Waals surface area contributed by atoms with Crippen molar-refractivity contribution in [3.05, 3.63) is 0 Å². The molecule has 0 saturated heterocycles. The van der Waals surface area contributed by atoms with E-state index in [9.17, 15) is 4.89 Å². The first-order chi connectivity index (χ1) is 5.27. The van der Waals surface area contributed by atoms with Crippen molar-refractivity contribution in [1.82, 2.24) is 0 Å². The van der Waals surface area contributed by atoms with E-state index in [-0.39, 0.29) is 5.41 Å². The van der Waals surface area contributed by atoms with E-state index in [1.54, 1.807) is 6.92 Å². The predicted molar refractivity (Wildman–Crippen MR) is 53.5 cm³/mol. The molecule has 0 bridgehead atoms. The average Bonchev–Trinajstić information content (AvgIpc) is 1.83. The van der Waals surface area contributed by atoms with Gasteiger partial charge in [0.1, 0.15) is 0 Å². The summed E-state index contributed by atoms with van der Waals surface area (Å²) in [6, 6.07) is 0. The van der Waals surface area contributed by atoms with Gasteiger partial charge in [0, 0.05) is 0 Å². The van der Waals surface area contributed by atoms with Crippen LogP contribution in [0.4, 0.5) is 0 Å². The second kappa shape index (κ2) is 4.68. The Morgan fingerprint density at radius 2 is 1.83 bits per heavy atom. The fraction of sp³-hybridized carbons (Fsp3) is 1.00. The third-order valence-corrected chi connectivity index (χ3v) is 2.63. The van der Waals surface area contributed by atoms with Crippen LogP contribution in [-0.4, -0.2) is 18.1 Å². The van der Waals surface area contributed by atoms with E-state index < -0.39 is 6.72 Å². The van der Waals surface area contributed by atoms with Gasteiger partial charge in [-0.15, -0.1) is 0 Å². The molecule has 0 aliphatic rings. The van der Waals surface area contributed by atoms with Crippen LogP contribution in [0, 0.1) is 5.41 Å². The van der Waals surface area contributed by atoms with Crippen molar-refractivity contribution in [3.63, 3.8) is 0 Å². The molecule has 1 atom stereocenters. The molecule has 0 rings (SSSR count). The smallest absolute Gasteiger partial charge is 0.324 e. The summed E-state index contributed by atoms with van der Waals surface area (Å²) >= 11 is 4.73. The molecule has 0 saturated carbocycles. The van der Waals surface area contributed by atoms with Crippen molar-refractivity contribution in [2.75, 3.05) is 13.2 Å². The van der Waals surface area contributed by atoms with Crippen molar-refractivity contribution < 1.29 is 13.9 Å². The molecule has 0 aromatic heterocycles. The second-order valence-electron chi connectivity index (χ2n) is 3.72. The fourth-order valence-electron chi connectivity index (χ4n) is 0.476. The number of hydrogen-bond donors (Lipinski definition) is 1. The summed E-state index contributed by atoms with van der Waals surface area (Å²) in [6.07, 6.45) is 0. The SMILES string of the molecule is CCOP(O)(=S)OCC(C)(C)C. The summed E-state index contributed by atoms with van der Waals surface area (Å²) in [5, 5.41) is 0. The molecule has 0 aromatic carbocycles. The first kappa shape index (κ1) is 12.5. The summed E-state index contributed by atoms with van der Waals surface area (Å²) in [5.74, 6) is 0. The lowest BCUT2D eigenvalue weighted by Gasteiger charge is -2.22. The molecule has 12 heavy (non-hydrogen) atoms. The number of hydrogen-bond acceptors (Lipinski definition) is 3. The lowest BCUT2D eigenvalue weighted by atomic mass is 9.99. The van der Waals surface area contributed by atoms with Gasteiger partial charge in [0.25, 0.3) is 0 Å². The van der Waals surface area contributed by atoms with Gasteiger partial charge in [-0.1, -0.05) is 20.8 Å².